The molecule has 1 N–H and O–H groups in total. The average Bonchev–Trinajstić information content (AvgIpc) is 3.09. The third kappa shape index (κ3) is 5.03. The molecule has 0 spiro atoms. The van der Waals surface area contributed by atoms with Crippen molar-refractivity contribution in [3.05, 3.63) is 46.4 Å². The number of amides is 1. The molecular weight excluding hydrogens is 334 g/mol. The summed E-state index contributed by atoms with van der Waals surface area (Å²) in [4.78, 5) is 19.0. The van der Waals surface area contributed by atoms with Crippen LogP contribution in [0.5, 0.6) is 5.75 Å². The van der Waals surface area contributed by atoms with Gasteiger partial charge in [0.15, 0.2) is 0 Å². The predicted octanol–water partition coefficient (Wildman–Crippen LogP) is 3.33. The summed E-state index contributed by atoms with van der Waals surface area (Å²) < 4.78 is 6.24. The lowest BCUT2D eigenvalue weighted by Crippen LogP contribution is -2.38. The van der Waals surface area contributed by atoms with Crippen molar-refractivity contribution in [3.63, 3.8) is 0 Å². The number of para-hydroxylation sites is 1. The van der Waals surface area contributed by atoms with E-state index in [-0.39, 0.29) is 12.0 Å². The van der Waals surface area contributed by atoms with Crippen LogP contribution in [0.2, 0.25) is 0 Å². The Bertz CT molecular complexity index is 675. The number of aromatic nitrogens is 1. The van der Waals surface area contributed by atoms with Crippen molar-refractivity contribution in [1.82, 2.24) is 15.2 Å². The molecule has 5 nitrogen and oxygen atoms in total. The van der Waals surface area contributed by atoms with E-state index in [1.807, 2.05) is 6.07 Å². The van der Waals surface area contributed by atoms with Gasteiger partial charge in [0.05, 0.1) is 11.7 Å². The number of thiazole rings is 1. The van der Waals surface area contributed by atoms with Crippen molar-refractivity contribution in [2.24, 2.45) is 0 Å². The molecule has 6 heteroatoms. The predicted molar refractivity (Wildman–Crippen MR) is 100 cm³/mol. The zero-order valence-corrected chi connectivity index (χ0v) is 15.4. The lowest BCUT2D eigenvalue weighted by Gasteiger charge is -2.24. The summed E-state index contributed by atoms with van der Waals surface area (Å²) in [5.41, 5.74) is 2.89. The first kappa shape index (κ1) is 17.9. The molecule has 0 unspecified atom stereocenters. The smallest absolute Gasteiger partial charge is 0.263 e. The summed E-state index contributed by atoms with van der Waals surface area (Å²) in [5, 5.41) is 2.98. The van der Waals surface area contributed by atoms with E-state index < -0.39 is 0 Å². The van der Waals surface area contributed by atoms with Crippen LogP contribution in [0.15, 0.2) is 36.0 Å². The number of nitrogens with one attached hydrogen (secondary N) is 1. The zero-order valence-electron chi connectivity index (χ0n) is 14.6. The van der Waals surface area contributed by atoms with Gasteiger partial charge < -0.3 is 10.1 Å². The fourth-order valence-electron chi connectivity index (χ4n) is 3.05. The Balaban J connectivity index is 1.58. The van der Waals surface area contributed by atoms with Gasteiger partial charge in [0, 0.05) is 31.7 Å². The second kappa shape index (κ2) is 8.97. The standard InChI is InChI=1S/C19H25N3O2S/c1-2-3-7-16-13-22(12-15-6-4-5-8-17(15)24-16)10-9-21-19(23)18-11-20-14-25-18/h4-6,8,11,14,16H,2-3,7,9-10,12-13H2,1H3,(H,21,23)/t16-/m1/s1. The van der Waals surface area contributed by atoms with E-state index in [4.69, 9.17) is 4.74 Å². The number of hydrogen-bond donors (Lipinski definition) is 1. The minimum Gasteiger partial charge on any atom is -0.489 e. The minimum absolute atomic E-state index is 0.0449. The molecule has 0 fully saturated rings. The summed E-state index contributed by atoms with van der Waals surface area (Å²) in [7, 11) is 0. The SMILES string of the molecule is CCCC[C@@H]1CN(CCNC(=O)c2cncs2)Cc2ccccc2O1. The second-order valence-electron chi connectivity index (χ2n) is 6.35. The van der Waals surface area contributed by atoms with E-state index in [0.29, 0.717) is 11.4 Å². The van der Waals surface area contributed by atoms with Crippen LogP contribution in [0.3, 0.4) is 0 Å². The third-order valence-electron chi connectivity index (χ3n) is 4.37. The highest BCUT2D eigenvalue weighted by Gasteiger charge is 2.22. The summed E-state index contributed by atoms with van der Waals surface area (Å²) in [6.45, 7) is 5.39. The van der Waals surface area contributed by atoms with E-state index in [1.54, 1.807) is 11.7 Å². The number of carbonyl (C=O) groups excluding carboxylic acids is 1. The molecule has 0 aliphatic carbocycles. The van der Waals surface area contributed by atoms with E-state index in [2.05, 4.69) is 40.3 Å². The first-order valence-electron chi connectivity index (χ1n) is 8.90. The van der Waals surface area contributed by atoms with Gasteiger partial charge in [0.1, 0.15) is 16.7 Å². The van der Waals surface area contributed by atoms with E-state index in [1.165, 1.54) is 29.7 Å². The summed E-state index contributed by atoms with van der Waals surface area (Å²) in [6.07, 6.45) is 5.22. The fourth-order valence-corrected chi connectivity index (χ4v) is 3.59. The van der Waals surface area contributed by atoms with Gasteiger partial charge in [-0.05, 0) is 18.9 Å². The summed E-state index contributed by atoms with van der Waals surface area (Å²) in [5.74, 6) is 0.955. The van der Waals surface area contributed by atoms with Crippen LogP contribution >= 0.6 is 11.3 Å². The van der Waals surface area contributed by atoms with Gasteiger partial charge in [-0.15, -0.1) is 11.3 Å². The molecule has 0 bridgehead atoms. The Morgan fingerprint density at radius 1 is 1.44 bits per heavy atom. The molecule has 1 aliphatic heterocycles. The van der Waals surface area contributed by atoms with Crippen LogP contribution in [0, 0.1) is 0 Å². The van der Waals surface area contributed by atoms with Crippen molar-refractivity contribution in [1.29, 1.82) is 0 Å². The highest BCUT2D eigenvalue weighted by atomic mass is 32.1. The van der Waals surface area contributed by atoms with Gasteiger partial charge >= 0.3 is 0 Å². The highest BCUT2D eigenvalue weighted by molar-refractivity contribution is 7.11. The molecule has 1 atom stereocenters. The quantitative estimate of drug-likeness (QED) is 0.824. The Kier molecular flexibility index (Phi) is 6.42. The number of fused-ring (bicyclic) bond motifs is 1. The molecule has 1 aliphatic rings. The largest absolute Gasteiger partial charge is 0.489 e. The molecule has 134 valence electrons. The lowest BCUT2D eigenvalue weighted by atomic mass is 10.1. The number of hydrogen-bond acceptors (Lipinski definition) is 5. The van der Waals surface area contributed by atoms with Crippen molar-refractivity contribution < 1.29 is 9.53 Å². The number of carbonyl (C=O) groups is 1. The van der Waals surface area contributed by atoms with Crippen molar-refractivity contribution in [2.45, 2.75) is 38.8 Å². The van der Waals surface area contributed by atoms with E-state index in [9.17, 15) is 4.79 Å². The number of rotatable bonds is 7. The number of nitrogens with zero attached hydrogens (tertiary/aromatic N) is 2. The first-order valence-corrected chi connectivity index (χ1v) is 9.78. The Labute approximate surface area is 153 Å². The maximum Gasteiger partial charge on any atom is 0.263 e. The Morgan fingerprint density at radius 3 is 3.12 bits per heavy atom. The Morgan fingerprint density at radius 2 is 2.32 bits per heavy atom. The third-order valence-corrected chi connectivity index (χ3v) is 5.14. The second-order valence-corrected chi connectivity index (χ2v) is 7.23. The molecule has 1 amide bonds. The van der Waals surface area contributed by atoms with Gasteiger partial charge in [-0.25, -0.2) is 0 Å². The van der Waals surface area contributed by atoms with Gasteiger partial charge in [0.2, 0.25) is 0 Å². The van der Waals surface area contributed by atoms with Crippen molar-refractivity contribution in [2.75, 3.05) is 19.6 Å². The number of unbranched alkanes of at least 4 members (excludes halogenated alkanes) is 1. The van der Waals surface area contributed by atoms with Crippen LogP contribution in [0.1, 0.15) is 41.4 Å². The summed E-state index contributed by atoms with van der Waals surface area (Å²) >= 11 is 1.36. The maximum atomic E-state index is 12.0. The van der Waals surface area contributed by atoms with Gasteiger partial charge in [-0.3, -0.25) is 14.7 Å². The number of benzene rings is 1. The lowest BCUT2D eigenvalue weighted by molar-refractivity contribution is 0.0945. The van der Waals surface area contributed by atoms with Gasteiger partial charge in [0.25, 0.3) is 5.91 Å². The van der Waals surface area contributed by atoms with E-state index >= 15 is 0 Å². The molecule has 1 aromatic heterocycles. The van der Waals surface area contributed by atoms with Crippen molar-refractivity contribution in [3.8, 4) is 5.75 Å². The molecule has 0 saturated heterocycles. The number of ether oxygens (including phenoxy) is 1. The van der Waals surface area contributed by atoms with E-state index in [0.717, 1.165) is 31.8 Å². The van der Waals surface area contributed by atoms with Gasteiger partial charge in [-0.2, -0.15) is 0 Å². The van der Waals surface area contributed by atoms with Crippen molar-refractivity contribution >= 4 is 17.2 Å². The maximum absolute atomic E-state index is 12.0. The molecule has 0 saturated carbocycles. The average molecular weight is 359 g/mol. The molecular formula is C19H25N3O2S. The molecule has 25 heavy (non-hydrogen) atoms. The Hall–Kier alpha value is -1.92. The molecule has 1 aromatic carbocycles. The van der Waals surface area contributed by atoms with Crippen LogP contribution < -0.4 is 10.1 Å². The van der Waals surface area contributed by atoms with Crippen LogP contribution in [-0.4, -0.2) is 41.5 Å². The monoisotopic (exact) mass is 359 g/mol. The zero-order chi connectivity index (χ0) is 17.5. The topological polar surface area (TPSA) is 54.5 Å². The highest BCUT2D eigenvalue weighted by Crippen LogP contribution is 2.26. The fraction of sp³-hybridized carbons (Fsp3) is 0.474. The van der Waals surface area contributed by atoms with Crippen LogP contribution in [0.4, 0.5) is 0 Å². The van der Waals surface area contributed by atoms with Crippen LogP contribution in [0.25, 0.3) is 0 Å². The molecule has 2 aromatic rings. The van der Waals surface area contributed by atoms with Gasteiger partial charge in [-0.1, -0.05) is 31.5 Å². The molecule has 3 rings (SSSR count). The molecule has 2 heterocycles. The summed E-state index contributed by atoms with van der Waals surface area (Å²) in [6, 6.07) is 8.27. The minimum atomic E-state index is -0.0449. The molecule has 0 radical (unpaired) electrons. The van der Waals surface area contributed by atoms with Crippen LogP contribution in [-0.2, 0) is 6.54 Å². The normalized spacial score (nSPS) is 17.4. The first-order chi connectivity index (χ1) is 12.3.